The normalized spacial score (nSPS) is 13.1. The van der Waals surface area contributed by atoms with Crippen LogP contribution in [0.25, 0.3) is 0 Å². The topological polar surface area (TPSA) is 46.5 Å². The number of aryl methyl sites for hydroxylation is 1. The zero-order chi connectivity index (χ0) is 13.6. The van der Waals surface area contributed by atoms with Gasteiger partial charge in [0.05, 0.1) is 12.5 Å². The molecule has 1 unspecified atom stereocenters. The summed E-state index contributed by atoms with van der Waals surface area (Å²) in [7, 11) is 0. The third-order valence-electron chi connectivity index (χ3n) is 2.43. The molecule has 1 rings (SSSR count). The van der Waals surface area contributed by atoms with Gasteiger partial charge in [-0.15, -0.1) is 0 Å². The summed E-state index contributed by atoms with van der Waals surface area (Å²) < 4.78 is 5.16. The third kappa shape index (κ3) is 6.40. The number of carbonyl (C=O) groups is 1. The average Bonchev–Trinajstić information content (AvgIpc) is 2.25. The SMILES string of the molecule is CC(C)(C)OC(=O)CC(O)CCc1ccccc1. The van der Waals surface area contributed by atoms with Crippen molar-refractivity contribution in [3.8, 4) is 0 Å². The van der Waals surface area contributed by atoms with Crippen LogP contribution in [0.1, 0.15) is 39.2 Å². The van der Waals surface area contributed by atoms with Gasteiger partial charge in [0.15, 0.2) is 0 Å². The maximum absolute atomic E-state index is 11.5. The molecule has 1 aromatic rings. The minimum Gasteiger partial charge on any atom is -0.460 e. The quantitative estimate of drug-likeness (QED) is 0.817. The fourth-order valence-electron chi connectivity index (χ4n) is 1.66. The number of benzene rings is 1. The van der Waals surface area contributed by atoms with Gasteiger partial charge in [-0.25, -0.2) is 0 Å². The molecular weight excluding hydrogens is 228 g/mol. The summed E-state index contributed by atoms with van der Waals surface area (Å²) in [6, 6.07) is 9.92. The van der Waals surface area contributed by atoms with Gasteiger partial charge in [-0.1, -0.05) is 30.3 Å². The molecule has 3 heteroatoms. The number of rotatable bonds is 5. The van der Waals surface area contributed by atoms with Crippen molar-refractivity contribution in [2.45, 2.75) is 51.7 Å². The number of aliphatic hydroxyl groups is 1. The Kier molecular flexibility index (Phi) is 5.35. The van der Waals surface area contributed by atoms with E-state index in [1.54, 1.807) is 0 Å². The van der Waals surface area contributed by atoms with Crippen molar-refractivity contribution in [3.05, 3.63) is 35.9 Å². The standard InChI is InChI=1S/C15H22O3/c1-15(2,3)18-14(17)11-13(16)10-9-12-7-5-4-6-8-12/h4-8,13,16H,9-11H2,1-3H3. The molecule has 0 aliphatic heterocycles. The minimum absolute atomic E-state index is 0.0596. The lowest BCUT2D eigenvalue weighted by atomic mass is 10.1. The van der Waals surface area contributed by atoms with Crippen LogP contribution in [0.3, 0.4) is 0 Å². The second-order valence-electron chi connectivity index (χ2n) is 5.47. The highest BCUT2D eigenvalue weighted by Gasteiger charge is 2.19. The summed E-state index contributed by atoms with van der Waals surface area (Å²) in [6.45, 7) is 5.46. The summed E-state index contributed by atoms with van der Waals surface area (Å²) >= 11 is 0. The van der Waals surface area contributed by atoms with Gasteiger partial charge in [-0.3, -0.25) is 4.79 Å². The second kappa shape index (κ2) is 6.55. The van der Waals surface area contributed by atoms with E-state index in [-0.39, 0.29) is 12.4 Å². The van der Waals surface area contributed by atoms with Crippen LogP contribution < -0.4 is 0 Å². The van der Waals surface area contributed by atoms with Crippen molar-refractivity contribution in [1.29, 1.82) is 0 Å². The Hall–Kier alpha value is -1.35. The number of carbonyl (C=O) groups excluding carboxylic acids is 1. The van der Waals surface area contributed by atoms with Gasteiger partial charge in [0.25, 0.3) is 0 Å². The molecule has 3 nitrogen and oxygen atoms in total. The molecule has 0 aliphatic rings. The van der Waals surface area contributed by atoms with Crippen LogP contribution in [0, 0.1) is 0 Å². The van der Waals surface area contributed by atoms with Gasteiger partial charge in [-0.05, 0) is 39.2 Å². The smallest absolute Gasteiger partial charge is 0.308 e. The van der Waals surface area contributed by atoms with Crippen molar-refractivity contribution in [2.75, 3.05) is 0 Å². The Labute approximate surface area is 109 Å². The molecule has 0 saturated heterocycles. The van der Waals surface area contributed by atoms with Gasteiger partial charge >= 0.3 is 5.97 Å². The van der Waals surface area contributed by atoms with Gasteiger partial charge in [0, 0.05) is 0 Å². The largest absolute Gasteiger partial charge is 0.460 e. The molecule has 0 aromatic heterocycles. The fraction of sp³-hybridized carbons (Fsp3) is 0.533. The maximum atomic E-state index is 11.5. The van der Waals surface area contributed by atoms with Crippen LogP contribution in [0.5, 0.6) is 0 Å². The number of hydrogen-bond donors (Lipinski definition) is 1. The molecular formula is C15H22O3. The Morgan fingerprint density at radius 3 is 2.44 bits per heavy atom. The summed E-state index contributed by atoms with van der Waals surface area (Å²) in [6.07, 6.45) is 0.762. The van der Waals surface area contributed by atoms with Gasteiger partial charge in [-0.2, -0.15) is 0 Å². The molecule has 1 N–H and O–H groups in total. The third-order valence-corrected chi connectivity index (χ3v) is 2.43. The first-order valence-electron chi connectivity index (χ1n) is 6.30. The molecule has 0 heterocycles. The molecule has 0 radical (unpaired) electrons. The minimum atomic E-state index is -0.639. The van der Waals surface area contributed by atoms with E-state index in [4.69, 9.17) is 4.74 Å². The zero-order valence-electron chi connectivity index (χ0n) is 11.3. The van der Waals surface area contributed by atoms with Crippen LogP contribution in [0.4, 0.5) is 0 Å². The molecule has 0 spiro atoms. The second-order valence-corrected chi connectivity index (χ2v) is 5.47. The molecule has 0 bridgehead atoms. The van der Waals surface area contributed by atoms with E-state index in [0.29, 0.717) is 6.42 Å². The Balaban J connectivity index is 2.29. The lowest BCUT2D eigenvalue weighted by Crippen LogP contribution is -2.26. The lowest BCUT2D eigenvalue weighted by Gasteiger charge is -2.20. The number of aliphatic hydroxyl groups excluding tert-OH is 1. The first-order chi connectivity index (χ1) is 8.37. The Bertz CT molecular complexity index is 365. The molecule has 0 aliphatic carbocycles. The van der Waals surface area contributed by atoms with Crippen LogP contribution in [-0.4, -0.2) is 22.8 Å². The fourth-order valence-corrected chi connectivity index (χ4v) is 1.66. The number of esters is 1. The van der Waals surface area contributed by atoms with Crippen molar-refractivity contribution >= 4 is 5.97 Å². The van der Waals surface area contributed by atoms with Crippen molar-refractivity contribution < 1.29 is 14.6 Å². The molecule has 1 atom stereocenters. The summed E-state index contributed by atoms with van der Waals surface area (Å²) in [5, 5.41) is 9.78. The van der Waals surface area contributed by atoms with Crippen LogP contribution in [0.2, 0.25) is 0 Å². The predicted octanol–water partition coefficient (Wildman–Crippen LogP) is 2.71. The van der Waals surface area contributed by atoms with Crippen molar-refractivity contribution in [3.63, 3.8) is 0 Å². The number of hydrogen-bond acceptors (Lipinski definition) is 3. The van der Waals surface area contributed by atoms with E-state index in [1.807, 2.05) is 51.1 Å². The van der Waals surface area contributed by atoms with Gasteiger partial charge < -0.3 is 9.84 Å². The van der Waals surface area contributed by atoms with Gasteiger partial charge in [0.2, 0.25) is 0 Å². The van der Waals surface area contributed by atoms with Crippen molar-refractivity contribution in [2.24, 2.45) is 0 Å². The van der Waals surface area contributed by atoms with E-state index < -0.39 is 11.7 Å². The van der Waals surface area contributed by atoms with E-state index in [2.05, 4.69) is 0 Å². The Morgan fingerprint density at radius 1 is 1.28 bits per heavy atom. The molecule has 0 saturated carbocycles. The molecule has 100 valence electrons. The molecule has 0 fully saturated rings. The van der Waals surface area contributed by atoms with E-state index in [0.717, 1.165) is 6.42 Å². The van der Waals surface area contributed by atoms with E-state index in [9.17, 15) is 9.90 Å². The van der Waals surface area contributed by atoms with Gasteiger partial charge in [0.1, 0.15) is 5.60 Å². The number of ether oxygens (including phenoxy) is 1. The molecule has 1 aromatic carbocycles. The van der Waals surface area contributed by atoms with Crippen LogP contribution in [-0.2, 0) is 16.0 Å². The summed E-state index contributed by atoms with van der Waals surface area (Å²) in [4.78, 5) is 11.5. The molecule has 0 amide bonds. The highest BCUT2D eigenvalue weighted by Crippen LogP contribution is 2.12. The van der Waals surface area contributed by atoms with Crippen LogP contribution >= 0.6 is 0 Å². The first-order valence-corrected chi connectivity index (χ1v) is 6.30. The lowest BCUT2D eigenvalue weighted by molar-refractivity contribution is -0.157. The summed E-state index contributed by atoms with van der Waals surface area (Å²) in [5.41, 5.74) is 0.678. The van der Waals surface area contributed by atoms with Crippen LogP contribution in [0.15, 0.2) is 30.3 Å². The van der Waals surface area contributed by atoms with Crippen molar-refractivity contribution in [1.82, 2.24) is 0 Å². The molecule has 18 heavy (non-hydrogen) atoms. The highest BCUT2D eigenvalue weighted by molar-refractivity contribution is 5.70. The highest BCUT2D eigenvalue weighted by atomic mass is 16.6. The van der Waals surface area contributed by atoms with E-state index >= 15 is 0 Å². The maximum Gasteiger partial charge on any atom is 0.308 e. The monoisotopic (exact) mass is 250 g/mol. The van der Waals surface area contributed by atoms with E-state index in [1.165, 1.54) is 5.56 Å². The predicted molar refractivity (Wildman–Crippen MR) is 71.2 cm³/mol. The average molecular weight is 250 g/mol. The zero-order valence-corrected chi connectivity index (χ0v) is 11.3. The Morgan fingerprint density at radius 2 is 1.89 bits per heavy atom. The first kappa shape index (κ1) is 14.7. The summed E-state index contributed by atoms with van der Waals surface area (Å²) in [5.74, 6) is -0.344.